The van der Waals surface area contributed by atoms with E-state index in [0.29, 0.717) is 12.5 Å². The van der Waals surface area contributed by atoms with Crippen molar-refractivity contribution in [1.82, 2.24) is 4.74 Å². The number of nitrogens with zero attached hydrogens (tertiary/aromatic N) is 1. The van der Waals surface area contributed by atoms with Crippen LogP contribution in [0.25, 0.3) is 0 Å². The Hall–Kier alpha value is -1.03. The van der Waals surface area contributed by atoms with E-state index in [1.165, 1.54) is 17.1 Å². The molecule has 1 fully saturated rings. The number of aromatic nitrogens is 1. The Labute approximate surface area is 76.1 Å². The first kappa shape index (κ1) is 8.56. The highest BCUT2D eigenvalue weighted by Crippen LogP contribution is 2.14. The Morgan fingerprint density at radius 2 is 2.54 bits per heavy atom. The Kier molecular flexibility index (Phi) is 2.49. The highest BCUT2D eigenvalue weighted by Gasteiger charge is 2.15. The van der Waals surface area contributed by atoms with E-state index >= 15 is 0 Å². The molecule has 13 heavy (non-hydrogen) atoms. The van der Waals surface area contributed by atoms with Crippen molar-refractivity contribution in [3.05, 3.63) is 22.7 Å². The summed E-state index contributed by atoms with van der Waals surface area (Å²) < 4.78 is 11.7. The molecule has 0 saturated carbocycles. The minimum absolute atomic E-state index is 0.0643. The van der Waals surface area contributed by atoms with Gasteiger partial charge in [-0.15, -0.1) is 0 Å². The summed E-state index contributed by atoms with van der Waals surface area (Å²) in [5, 5.41) is 0. The second kappa shape index (κ2) is 3.79. The van der Waals surface area contributed by atoms with Crippen molar-refractivity contribution < 1.29 is 9.26 Å². The van der Waals surface area contributed by atoms with Crippen LogP contribution in [0.3, 0.4) is 0 Å². The largest absolute Gasteiger partial charge is 0.384 e. The van der Waals surface area contributed by atoms with Crippen molar-refractivity contribution in [3.63, 3.8) is 0 Å². The standard InChI is InChI=1S/C9H13NO3/c11-9-3-5-13-10(9)6-8-2-1-4-12-7-8/h3,5,8H,1-2,4,6-7H2. The summed E-state index contributed by atoms with van der Waals surface area (Å²) in [7, 11) is 0. The lowest BCUT2D eigenvalue weighted by molar-refractivity contribution is 0.0369. The molecule has 2 heterocycles. The molecule has 0 N–H and O–H groups in total. The molecule has 1 aliphatic rings. The van der Waals surface area contributed by atoms with Gasteiger partial charge in [-0.25, -0.2) is 0 Å². The van der Waals surface area contributed by atoms with E-state index in [4.69, 9.17) is 9.26 Å². The fraction of sp³-hybridized carbons (Fsp3) is 0.667. The van der Waals surface area contributed by atoms with E-state index in [9.17, 15) is 4.79 Å². The van der Waals surface area contributed by atoms with Crippen molar-refractivity contribution >= 4 is 0 Å². The van der Waals surface area contributed by atoms with Gasteiger partial charge in [0.15, 0.2) is 0 Å². The average molecular weight is 183 g/mol. The second-order valence-corrected chi connectivity index (χ2v) is 3.39. The molecule has 1 aliphatic heterocycles. The van der Waals surface area contributed by atoms with E-state index in [1.54, 1.807) is 0 Å². The molecule has 2 rings (SSSR count). The quantitative estimate of drug-likeness (QED) is 0.683. The van der Waals surface area contributed by atoms with Gasteiger partial charge >= 0.3 is 0 Å². The van der Waals surface area contributed by atoms with Gasteiger partial charge in [-0.1, -0.05) is 0 Å². The molecule has 1 unspecified atom stereocenters. The normalized spacial score (nSPS) is 23.2. The van der Waals surface area contributed by atoms with Gasteiger partial charge in [0.1, 0.15) is 6.26 Å². The SMILES string of the molecule is O=c1ccon1CC1CCCOC1. The lowest BCUT2D eigenvalue weighted by Gasteiger charge is -2.21. The Balaban J connectivity index is 1.97. The third kappa shape index (κ3) is 2.01. The van der Waals surface area contributed by atoms with Crippen LogP contribution in [0.4, 0.5) is 0 Å². The molecule has 1 atom stereocenters. The molecule has 1 aromatic rings. The van der Waals surface area contributed by atoms with E-state index in [0.717, 1.165) is 26.1 Å². The maximum atomic E-state index is 11.1. The Morgan fingerprint density at radius 1 is 1.62 bits per heavy atom. The predicted octanol–water partition coefficient (Wildman–Crippen LogP) is 0.868. The lowest BCUT2D eigenvalue weighted by atomic mass is 10.0. The molecule has 0 amide bonds. The van der Waals surface area contributed by atoms with Gasteiger partial charge < -0.3 is 9.26 Å². The van der Waals surface area contributed by atoms with Crippen LogP contribution in [0.15, 0.2) is 21.6 Å². The maximum Gasteiger partial charge on any atom is 0.282 e. The van der Waals surface area contributed by atoms with Crippen molar-refractivity contribution in [3.8, 4) is 0 Å². The third-order valence-corrected chi connectivity index (χ3v) is 2.32. The molecule has 0 aromatic carbocycles. The summed E-state index contributed by atoms with van der Waals surface area (Å²) in [4.78, 5) is 11.1. The summed E-state index contributed by atoms with van der Waals surface area (Å²) >= 11 is 0. The van der Waals surface area contributed by atoms with Gasteiger partial charge in [0.2, 0.25) is 0 Å². The van der Waals surface area contributed by atoms with Crippen molar-refractivity contribution in [2.24, 2.45) is 5.92 Å². The fourth-order valence-electron chi connectivity index (χ4n) is 1.62. The summed E-state index contributed by atoms with van der Waals surface area (Å²) in [5.74, 6) is 0.428. The minimum atomic E-state index is -0.0643. The molecule has 4 heteroatoms. The third-order valence-electron chi connectivity index (χ3n) is 2.32. The molecule has 1 saturated heterocycles. The molecule has 0 spiro atoms. The molecule has 0 radical (unpaired) electrons. The van der Waals surface area contributed by atoms with Gasteiger partial charge in [-0.05, 0) is 12.8 Å². The van der Waals surface area contributed by atoms with Crippen LogP contribution < -0.4 is 5.56 Å². The van der Waals surface area contributed by atoms with Crippen LogP contribution in [0, 0.1) is 5.92 Å². The van der Waals surface area contributed by atoms with Gasteiger partial charge in [0, 0.05) is 18.6 Å². The molecule has 1 aromatic heterocycles. The van der Waals surface area contributed by atoms with Crippen molar-refractivity contribution in [1.29, 1.82) is 0 Å². The first-order chi connectivity index (χ1) is 6.36. The molecular formula is C9H13NO3. The Bertz CT molecular complexity index is 309. The molecule has 72 valence electrons. The van der Waals surface area contributed by atoms with Crippen LogP contribution in [-0.2, 0) is 11.3 Å². The van der Waals surface area contributed by atoms with E-state index in [-0.39, 0.29) is 5.56 Å². The predicted molar refractivity (Wildman–Crippen MR) is 46.5 cm³/mol. The minimum Gasteiger partial charge on any atom is -0.384 e. The first-order valence-electron chi connectivity index (χ1n) is 4.59. The van der Waals surface area contributed by atoms with E-state index < -0.39 is 0 Å². The zero-order valence-corrected chi connectivity index (χ0v) is 7.44. The molecular weight excluding hydrogens is 170 g/mol. The van der Waals surface area contributed by atoms with Crippen LogP contribution in [0.1, 0.15) is 12.8 Å². The zero-order chi connectivity index (χ0) is 9.10. The first-order valence-corrected chi connectivity index (χ1v) is 4.59. The average Bonchev–Trinajstić information content (AvgIpc) is 2.54. The number of hydrogen-bond acceptors (Lipinski definition) is 3. The summed E-state index contributed by atoms with van der Waals surface area (Å²) in [6.07, 6.45) is 3.62. The lowest BCUT2D eigenvalue weighted by Crippen LogP contribution is -2.25. The molecule has 0 bridgehead atoms. The number of ether oxygens (including phenoxy) is 1. The number of hydrogen-bond donors (Lipinski definition) is 0. The molecule has 4 nitrogen and oxygen atoms in total. The van der Waals surface area contributed by atoms with Gasteiger partial charge in [-0.2, -0.15) is 4.74 Å². The van der Waals surface area contributed by atoms with Crippen LogP contribution >= 0.6 is 0 Å². The summed E-state index contributed by atoms with van der Waals surface area (Å²) in [5.41, 5.74) is -0.0643. The molecule has 0 aliphatic carbocycles. The van der Waals surface area contributed by atoms with Crippen molar-refractivity contribution in [2.45, 2.75) is 19.4 Å². The van der Waals surface area contributed by atoms with Gasteiger partial charge in [-0.3, -0.25) is 4.79 Å². The van der Waals surface area contributed by atoms with Gasteiger partial charge in [0.25, 0.3) is 5.56 Å². The monoisotopic (exact) mass is 183 g/mol. The van der Waals surface area contributed by atoms with Crippen LogP contribution in [-0.4, -0.2) is 18.0 Å². The second-order valence-electron chi connectivity index (χ2n) is 3.39. The van der Waals surface area contributed by atoms with Crippen molar-refractivity contribution in [2.75, 3.05) is 13.2 Å². The smallest absolute Gasteiger partial charge is 0.282 e. The van der Waals surface area contributed by atoms with Gasteiger partial charge in [0.05, 0.1) is 13.2 Å². The highest BCUT2D eigenvalue weighted by molar-refractivity contribution is 4.77. The zero-order valence-electron chi connectivity index (χ0n) is 7.44. The highest BCUT2D eigenvalue weighted by atomic mass is 16.5. The topological polar surface area (TPSA) is 44.4 Å². The van der Waals surface area contributed by atoms with Crippen LogP contribution in [0.5, 0.6) is 0 Å². The maximum absolute atomic E-state index is 11.1. The number of rotatable bonds is 2. The Morgan fingerprint density at radius 3 is 3.15 bits per heavy atom. The fourth-order valence-corrected chi connectivity index (χ4v) is 1.62. The summed E-state index contributed by atoms with van der Waals surface area (Å²) in [6, 6.07) is 1.43. The van der Waals surface area contributed by atoms with Crippen LogP contribution in [0.2, 0.25) is 0 Å². The van der Waals surface area contributed by atoms with E-state index in [2.05, 4.69) is 0 Å². The summed E-state index contributed by atoms with van der Waals surface area (Å²) in [6.45, 7) is 2.24. The van der Waals surface area contributed by atoms with E-state index in [1.807, 2.05) is 0 Å².